The van der Waals surface area contributed by atoms with Gasteiger partial charge in [0.15, 0.2) is 0 Å². The lowest BCUT2D eigenvalue weighted by atomic mass is 10.1. The fourth-order valence-electron chi connectivity index (χ4n) is 2.05. The zero-order valence-electron chi connectivity index (χ0n) is 12.0. The average Bonchev–Trinajstić information content (AvgIpc) is 2.46. The topological polar surface area (TPSA) is 34.1 Å². The lowest BCUT2D eigenvalue weighted by Crippen LogP contribution is -2.20. The second kappa shape index (κ2) is 6.48. The first-order valence-corrected chi connectivity index (χ1v) is 6.59. The van der Waals surface area contributed by atoms with Gasteiger partial charge in [0.1, 0.15) is 11.6 Å². The molecule has 1 N–H and O–H groups in total. The summed E-state index contributed by atoms with van der Waals surface area (Å²) in [5.41, 5.74) is 2.73. The molecule has 0 saturated carbocycles. The minimum Gasteiger partial charge on any atom is -0.497 e. The molecule has 1 heterocycles. The zero-order valence-corrected chi connectivity index (χ0v) is 12.0. The summed E-state index contributed by atoms with van der Waals surface area (Å²) in [5, 5.41) is 3.29. The van der Waals surface area contributed by atoms with Crippen LogP contribution in [0.5, 0.6) is 5.75 Å². The van der Waals surface area contributed by atoms with Crippen molar-refractivity contribution in [3.05, 3.63) is 59.2 Å². The highest BCUT2D eigenvalue weighted by Gasteiger charge is 2.12. The van der Waals surface area contributed by atoms with Crippen LogP contribution in [0.1, 0.15) is 29.8 Å². The first-order valence-electron chi connectivity index (χ1n) is 6.59. The Hall–Kier alpha value is -1.94. The van der Waals surface area contributed by atoms with Gasteiger partial charge in [0.2, 0.25) is 0 Å². The first kappa shape index (κ1) is 14.5. The third-order valence-electron chi connectivity index (χ3n) is 3.37. The van der Waals surface area contributed by atoms with Gasteiger partial charge in [-0.25, -0.2) is 4.39 Å². The molecule has 1 aromatic carbocycles. The Balaban J connectivity index is 2.05. The Morgan fingerprint density at radius 2 is 2.15 bits per heavy atom. The van der Waals surface area contributed by atoms with Crippen LogP contribution in [-0.2, 0) is 6.54 Å². The zero-order chi connectivity index (χ0) is 14.5. The molecule has 0 spiro atoms. The number of nitrogens with zero attached hydrogens (tertiary/aromatic N) is 1. The van der Waals surface area contributed by atoms with Gasteiger partial charge in [-0.05, 0) is 31.5 Å². The van der Waals surface area contributed by atoms with Crippen molar-refractivity contribution < 1.29 is 9.13 Å². The van der Waals surface area contributed by atoms with Crippen molar-refractivity contribution >= 4 is 0 Å². The number of rotatable bonds is 5. The molecule has 20 heavy (non-hydrogen) atoms. The summed E-state index contributed by atoms with van der Waals surface area (Å²) in [6.45, 7) is 4.56. The summed E-state index contributed by atoms with van der Waals surface area (Å²) in [5.74, 6) is 0.265. The average molecular weight is 274 g/mol. The molecule has 4 heteroatoms. The molecular formula is C16H19FN2O. The van der Waals surface area contributed by atoms with E-state index in [1.54, 1.807) is 18.3 Å². The molecule has 0 aliphatic heterocycles. The number of pyridine rings is 1. The first-order chi connectivity index (χ1) is 9.61. The quantitative estimate of drug-likeness (QED) is 0.907. The summed E-state index contributed by atoms with van der Waals surface area (Å²) in [6.07, 6.45) is 1.77. The van der Waals surface area contributed by atoms with E-state index in [0.717, 1.165) is 11.3 Å². The lowest BCUT2D eigenvalue weighted by Gasteiger charge is -2.16. The van der Waals surface area contributed by atoms with E-state index in [1.807, 2.05) is 26.0 Å². The molecule has 0 aliphatic rings. The summed E-state index contributed by atoms with van der Waals surface area (Å²) in [6, 6.07) is 8.75. The van der Waals surface area contributed by atoms with Crippen molar-refractivity contribution in [3.63, 3.8) is 0 Å². The fourth-order valence-corrected chi connectivity index (χ4v) is 2.05. The van der Waals surface area contributed by atoms with Crippen molar-refractivity contribution in [2.45, 2.75) is 26.4 Å². The number of ether oxygens (including phenoxy) is 1. The maximum atomic E-state index is 14.0. The molecular weight excluding hydrogens is 255 g/mol. The largest absolute Gasteiger partial charge is 0.497 e. The van der Waals surface area contributed by atoms with Crippen LogP contribution in [0.2, 0.25) is 0 Å². The molecule has 0 amide bonds. The van der Waals surface area contributed by atoms with Crippen molar-refractivity contribution in [1.29, 1.82) is 0 Å². The third-order valence-corrected chi connectivity index (χ3v) is 3.37. The molecule has 0 bridgehead atoms. The van der Waals surface area contributed by atoms with Gasteiger partial charge in [-0.1, -0.05) is 12.1 Å². The second-order valence-electron chi connectivity index (χ2n) is 4.76. The van der Waals surface area contributed by atoms with Gasteiger partial charge < -0.3 is 10.1 Å². The number of aromatic nitrogens is 1. The summed E-state index contributed by atoms with van der Waals surface area (Å²) < 4.78 is 19.0. The summed E-state index contributed by atoms with van der Waals surface area (Å²) in [4.78, 5) is 4.32. The van der Waals surface area contributed by atoms with Gasteiger partial charge in [0.25, 0.3) is 0 Å². The van der Waals surface area contributed by atoms with E-state index in [-0.39, 0.29) is 11.9 Å². The Labute approximate surface area is 118 Å². The van der Waals surface area contributed by atoms with Crippen LogP contribution in [0.4, 0.5) is 4.39 Å². The molecule has 0 saturated heterocycles. The van der Waals surface area contributed by atoms with Gasteiger partial charge in [0, 0.05) is 30.4 Å². The molecule has 0 aliphatic carbocycles. The molecule has 2 aromatic rings. The number of aryl methyl sites for hydroxylation is 1. The van der Waals surface area contributed by atoms with Gasteiger partial charge in [-0.2, -0.15) is 0 Å². The number of benzene rings is 1. The molecule has 0 fully saturated rings. The normalized spacial score (nSPS) is 12.2. The van der Waals surface area contributed by atoms with Crippen LogP contribution in [0.25, 0.3) is 0 Å². The monoisotopic (exact) mass is 274 g/mol. The molecule has 1 unspecified atom stereocenters. The van der Waals surface area contributed by atoms with Crippen LogP contribution in [-0.4, -0.2) is 12.1 Å². The Morgan fingerprint density at radius 1 is 1.35 bits per heavy atom. The van der Waals surface area contributed by atoms with Crippen LogP contribution < -0.4 is 10.1 Å². The van der Waals surface area contributed by atoms with E-state index in [0.29, 0.717) is 17.9 Å². The Kier molecular flexibility index (Phi) is 4.69. The number of halogens is 1. The third kappa shape index (κ3) is 3.33. The predicted molar refractivity (Wildman–Crippen MR) is 77.2 cm³/mol. The van der Waals surface area contributed by atoms with Crippen molar-refractivity contribution in [1.82, 2.24) is 10.3 Å². The van der Waals surface area contributed by atoms with Crippen LogP contribution in [0.15, 0.2) is 36.5 Å². The van der Waals surface area contributed by atoms with E-state index in [1.165, 1.54) is 13.2 Å². The Morgan fingerprint density at radius 3 is 2.80 bits per heavy atom. The highest BCUT2D eigenvalue weighted by molar-refractivity contribution is 5.30. The minimum atomic E-state index is -0.262. The smallest absolute Gasteiger partial charge is 0.131 e. The van der Waals surface area contributed by atoms with Crippen LogP contribution in [0, 0.1) is 12.7 Å². The highest BCUT2D eigenvalue weighted by Crippen LogP contribution is 2.22. The number of hydrogen-bond acceptors (Lipinski definition) is 3. The SMILES string of the molecule is COc1ccc(C(C)NCc2ncccc2C)c(F)c1. The predicted octanol–water partition coefficient (Wildman–Crippen LogP) is 3.39. The Bertz CT molecular complexity index is 586. The van der Waals surface area contributed by atoms with Crippen molar-refractivity contribution in [2.75, 3.05) is 7.11 Å². The number of methoxy groups -OCH3 is 1. The van der Waals surface area contributed by atoms with E-state index >= 15 is 0 Å². The number of nitrogens with one attached hydrogen (secondary N) is 1. The van der Waals surface area contributed by atoms with Crippen molar-refractivity contribution in [2.24, 2.45) is 0 Å². The van der Waals surface area contributed by atoms with Crippen LogP contribution >= 0.6 is 0 Å². The number of hydrogen-bond donors (Lipinski definition) is 1. The van der Waals surface area contributed by atoms with Gasteiger partial charge in [-0.3, -0.25) is 4.98 Å². The van der Waals surface area contributed by atoms with Gasteiger partial charge in [-0.15, -0.1) is 0 Å². The molecule has 106 valence electrons. The second-order valence-corrected chi connectivity index (χ2v) is 4.76. The van der Waals surface area contributed by atoms with Crippen LogP contribution in [0.3, 0.4) is 0 Å². The summed E-state index contributed by atoms with van der Waals surface area (Å²) >= 11 is 0. The van der Waals surface area contributed by atoms with E-state index in [2.05, 4.69) is 10.3 Å². The molecule has 1 atom stereocenters. The molecule has 0 radical (unpaired) electrons. The van der Waals surface area contributed by atoms with Gasteiger partial charge in [0.05, 0.1) is 12.8 Å². The standard InChI is InChI=1S/C16H19FN2O/c1-11-5-4-8-18-16(11)10-19-12(2)14-7-6-13(20-3)9-15(14)17/h4-9,12,19H,10H2,1-3H3. The van der Waals surface area contributed by atoms with E-state index in [4.69, 9.17) is 4.74 Å². The van der Waals surface area contributed by atoms with Crippen molar-refractivity contribution in [3.8, 4) is 5.75 Å². The fraction of sp³-hybridized carbons (Fsp3) is 0.312. The minimum absolute atomic E-state index is 0.0951. The highest BCUT2D eigenvalue weighted by atomic mass is 19.1. The maximum absolute atomic E-state index is 14.0. The molecule has 3 nitrogen and oxygen atoms in total. The summed E-state index contributed by atoms with van der Waals surface area (Å²) in [7, 11) is 1.53. The maximum Gasteiger partial charge on any atom is 0.131 e. The lowest BCUT2D eigenvalue weighted by molar-refractivity contribution is 0.409. The van der Waals surface area contributed by atoms with E-state index in [9.17, 15) is 4.39 Å². The molecule has 1 aromatic heterocycles. The molecule has 2 rings (SSSR count). The van der Waals surface area contributed by atoms with Gasteiger partial charge >= 0.3 is 0 Å². The van der Waals surface area contributed by atoms with E-state index < -0.39 is 0 Å².